The fourth-order valence-electron chi connectivity index (χ4n) is 2.07. The van der Waals surface area contributed by atoms with Gasteiger partial charge in [0.15, 0.2) is 0 Å². The maximum atomic E-state index is 11.4. The molecule has 0 aromatic heterocycles. The molecule has 1 aliphatic heterocycles. The van der Waals surface area contributed by atoms with Crippen molar-refractivity contribution in [2.75, 3.05) is 11.6 Å². The van der Waals surface area contributed by atoms with Gasteiger partial charge in [0.2, 0.25) is 5.91 Å². The van der Waals surface area contributed by atoms with E-state index >= 15 is 0 Å². The number of hydrazine groups is 1. The van der Waals surface area contributed by atoms with E-state index in [0.717, 1.165) is 11.3 Å². The first-order valence-electron chi connectivity index (χ1n) is 5.67. The average Bonchev–Trinajstić information content (AvgIpc) is 2.67. The quantitative estimate of drug-likeness (QED) is 0.704. The molecule has 0 saturated carbocycles. The van der Waals surface area contributed by atoms with Crippen LogP contribution in [0.5, 0.6) is 0 Å². The van der Waals surface area contributed by atoms with Crippen LogP contribution in [-0.4, -0.2) is 23.7 Å². The molecule has 0 aliphatic carbocycles. The van der Waals surface area contributed by atoms with Gasteiger partial charge in [0.05, 0.1) is 30.8 Å². The highest BCUT2D eigenvalue weighted by atomic mass is 16.3. The third-order valence-corrected chi connectivity index (χ3v) is 2.96. The maximum Gasteiger partial charge on any atom is 0.240 e. The van der Waals surface area contributed by atoms with Crippen molar-refractivity contribution in [1.29, 1.82) is 0 Å². The first kappa shape index (κ1) is 11.9. The van der Waals surface area contributed by atoms with Gasteiger partial charge >= 0.3 is 0 Å². The van der Waals surface area contributed by atoms with Crippen molar-refractivity contribution in [2.45, 2.75) is 25.4 Å². The van der Waals surface area contributed by atoms with Crippen LogP contribution in [0.2, 0.25) is 0 Å². The van der Waals surface area contributed by atoms with Crippen molar-refractivity contribution in [3.8, 4) is 0 Å². The minimum atomic E-state index is -0.434. The Morgan fingerprint density at radius 3 is 2.88 bits per heavy atom. The van der Waals surface area contributed by atoms with Gasteiger partial charge in [0.25, 0.3) is 0 Å². The van der Waals surface area contributed by atoms with Crippen LogP contribution in [0.1, 0.15) is 24.9 Å². The minimum Gasteiger partial charge on any atom is -0.394 e. The predicted octanol–water partition coefficient (Wildman–Crippen LogP) is 0.309. The summed E-state index contributed by atoms with van der Waals surface area (Å²) >= 11 is 0. The van der Waals surface area contributed by atoms with Gasteiger partial charge in [-0.15, -0.1) is 0 Å². The number of carbonyl (C=O) groups is 1. The zero-order chi connectivity index (χ0) is 12.4. The fourth-order valence-corrected chi connectivity index (χ4v) is 2.07. The minimum absolute atomic E-state index is 0.00451. The molecule has 2 rings (SSSR count). The molecular formula is C12H17N3O2. The number of amides is 1. The lowest BCUT2D eigenvalue weighted by atomic mass is 10.1. The Balaban J connectivity index is 2.35. The zero-order valence-electron chi connectivity index (χ0n) is 9.76. The molecule has 1 aromatic carbocycles. The second-order valence-corrected chi connectivity index (χ2v) is 4.31. The summed E-state index contributed by atoms with van der Waals surface area (Å²) in [5, 5.41) is 11.0. The molecule has 1 amide bonds. The van der Waals surface area contributed by atoms with E-state index in [1.807, 2.05) is 36.2 Å². The summed E-state index contributed by atoms with van der Waals surface area (Å²) in [5.74, 6) is 0.00451. The van der Waals surface area contributed by atoms with Gasteiger partial charge in [-0.25, -0.2) is 0 Å². The normalized spacial score (nSPS) is 21.5. The number of nitrogens with two attached hydrogens (primary N) is 1. The molecule has 0 bridgehead atoms. The van der Waals surface area contributed by atoms with Crippen LogP contribution < -0.4 is 16.2 Å². The molecule has 1 aromatic rings. The van der Waals surface area contributed by atoms with Crippen LogP contribution in [0.4, 0.5) is 5.69 Å². The van der Waals surface area contributed by atoms with Gasteiger partial charge in [0.1, 0.15) is 0 Å². The lowest BCUT2D eigenvalue weighted by Crippen LogP contribution is -2.38. The van der Waals surface area contributed by atoms with Crippen LogP contribution in [0, 0.1) is 0 Å². The van der Waals surface area contributed by atoms with Gasteiger partial charge in [-0.1, -0.05) is 18.2 Å². The number of carbonyl (C=O) groups excluding carboxylic acids is 1. The van der Waals surface area contributed by atoms with Crippen molar-refractivity contribution in [2.24, 2.45) is 5.73 Å². The molecule has 0 spiro atoms. The number of anilines is 1. The van der Waals surface area contributed by atoms with E-state index in [9.17, 15) is 4.79 Å². The van der Waals surface area contributed by atoms with E-state index in [-0.39, 0.29) is 18.6 Å². The lowest BCUT2D eigenvalue weighted by molar-refractivity contribution is -0.119. The Labute approximate surface area is 100 Å². The SMILES string of the molecule is CC1CC(=O)NN1c1ccccc1C(N)CO. The smallest absolute Gasteiger partial charge is 0.240 e. The monoisotopic (exact) mass is 235 g/mol. The summed E-state index contributed by atoms with van der Waals surface area (Å²) in [6.45, 7) is 1.85. The largest absolute Gasteiger partial charge is 0.394 e. The highest BCUT2D eigenvalue weighted by Gasteiger charge is 2.28. The summed E-state index contributed by atoms with van der Waals surface area (Å²) < 4.78 is 0. The molecule has 4 N–H and O–H groups in total. The van der Waals surface area contributed by atoms with Crippen molar-refractivity contribution < 1.29 is 9.90 Å². The summed E-state index contributed by atoms with van der Waals surface area (Å²) in [7, 11) is 0. The van der Waals surface area contributed by atoms with E-state index < -0.39 is 6.04 Å². The van der Waals surface area contributed by atoms with Crippen LogP contribution in [0.25, 0.3) is 0 Å². The second kappa shape index (κ2) is 4.73. The molecule has 0 radical (unpaired) electrons. The van der Waals surface area contributed by atoms with E-state index in [4.69, 9.17) is 10.8 Å². The Morgan fingerprint density at radius 1 is 1.59 bits per heavy atom. The van der Waals surface area contributed by atoms with E-state index in [1.165, 1.54) is 0 Å². The topological polar surface area (TPSA) is 78.6 Å². The second-order valence-electron chi connectivity index (χ2n) is 4.31. The van der Waals surface area contributed by atoms with E-state index in [1.54, 1.807) is 0 Å². The summed E-state index contributed by atoms with van der Waals surface area (Å²) in [6, 6.07) is 7.18. The number of nitrogens with zero attached hydrogens (tertiary/aromatic N) is 1. The molecule has 92 valence electrons. The zero-order valence-corrected chi connectivity index (χ0v) is 9.76. The first-order chi connectivity index (χ1) is 8.13. The molecule has 1 heterocycles. The molecular weight excluding hydrogens is 218 g/mol. The van der Waals surface area contributed by atoms with E-state index in [2.05, 4.69) is 5.43 Å². The number of para-hydroxylation sites is 1. The van der Waals surface area contributed by atoms with Crippen molar-refractivity contribution in [1.82, 2.24) is 5.43 Å². The molecule has 17 heavy (non-hydrogen) atoms. The van der Waals surface area contributed by atoms with Gasteiger partial charge in [-0.3, -0.25) is 15.2 Å². The first-order valence-corrected chi connectivity index (χ1v) is 5.67. The third-order valence-electron chi connectivity index (χ3n) is 2.96. The van der Waals surface area contributed by atoms with Crippen LogP contribution in [-0.2, 0) is 4.79 Å². The fraction of sp³-hybridized carbons (Fsp3) is 0.417. The number of aliphatic hydroxyl groups is 1. The average molecular weight is 235 g/mol. The molecule has 1 saturated heterocycles. The number of benzene rings is 1. The number of rotatable bonds is 3. The molecule has 2 unspecified atom stereocenters. The van der Waals surface area contributed by atoms with Gasteiger partial charge in [-0.05, 0) is 18.6 Å². The van der Waals surface area contributed by atoms with Gasteiger partial charge in [-0.2, -0.15) is 0 Å². The lowest BCUT2D eigenvalue weighted by Gasteiger charge is -2.26. The number of hydrogen-bond donors (Lipinski definition) is 3. The number of hydrogen-bond acceptors (Lipinski definition) is 4. The summed E-state index contributed by atoms with van der Waals surface area (Å²) in [4.78, 5) is 11.4. The van der Waals surface area contributed by atoms with Crippen LogP contribution in [0.15, 0.2) is 24.3 Å². The van der Waals surface area contributed by atoms with E-state index in [0.29, 0.717) is 6.42 Å². The van der Waals surface area contributed by atoms with Gasteiger partial charge < -0.3 is 10.8 Å². The third kappa shape index (κ3) is 2.25. The summed E-state index contributed by atoms with van der Waals surface area (Å²) in [6.07, 6.45) is 0.475. The van der Waals surface area contributed by atoms with Crippen LogP contribution in [0.3, 0.4) is 0 Å². The maximum absolute atomic E-state index is 11.4. The van der Waals surface area contributed by atoms with Crippen molar-refractivity contribution in [3.05, 3.63) is 29.8 Å². The van der Waals surface area contributed by atoms with Crippen LogP contribution >= 0.6 is 0 Å². The predicted molar refractivity (Wildman–Crippen MR) is 65.2 cm³/mol. The highest BCUT2D eigenvalue weighted by molar-refractivity contribution is 5.83. The Morgan fingerprint density at radius 2 is 2.29 bits per heavy atom. The number of nitrogens with one attached hydrogen (secondary N) is 1. The standard InChI is InChI=1S/C12H17N3O2/c1-8-6-12(17)14-15(8)11-5-3-2-4-9(11)10(13)7-16/h2-5,8,10,16H,6-7,13H2,1H3,(H,14,17). The Kier molecular flexibility index (Phi) is 3.31. The summed E-state index contributed by atoms with van der Waals surface area (Å²) in [5.41, 5.74) is 10.3. The number of aliphatic hydroxyl groups excluding tert-OH is 1. The molecule has 1 aliphatic rings. The van der Waals surface area contributed by atoms with Gasteiger partial charge in [0, 0.05) is 0 Å². The Hall–Kier alpha value is -1.59. The molecule has 2 atom stereocenters. The highest BCUT2D eigenvalue weighted by Crippen LogP contribution is 2.28. The Bertz CT molecular complexity index is 422. The molecule has 1 fully saturated rings. The van der Waals surface area contributed by atoms with Crippen molar-refractivity contribution >= 4 is 11.6 Å². The molecule has 5 nitrogen and oxygen atoms in total. The van der Waals surface area contributed by atoms with Crippen molar-refractivity contribution in [3.63, 3.8) is 0 Å². The molecule has 5 heteroatoms.